The molecule has 30 heavy (non-hydrogen) atoms. The van der Waals surface area contributed by atoms with Crippen molar-refractivity contribution in [1.29, 1.82) is 0 Å². The molecule has 1 amide bonds. The van der Waals surface area contributed by atoms with Gasteiger partial charge in [0.25, 0.3) is 0 Å². The van der Waals surface area contributed by atoms with Crippen molar-refractivity contribution in [2.75, 3.05) is 11.9 Å². The normalized spacial score (nSPS) is 14.4. The number of fused-ring (bicyclic) bond motifs is 1. The van der Waals surface area contributed by atoms with Crippen molar-refractivity contribution in [2.24, 2.45) is 0 Å². The number of aromatic nitrogens is 3. The minimum absolute atomic E-state index is 0.107. The summed E-state index contributed by atoms with van der Waals surface area (Å²) < 4.78 is 7.85. The van der Waals surface area contributed by atoms with Gasteiger partial charge in [0.05, 0.1) is 12.3 Å². The Balaban J connectivity index is 1.61. The highest BCUT2D eigenvalue weighted by Crippen LogP contribution is 2.37. The lowest BCUT2D eigenvalue weighted by Crippen LogP contribution is -2.20. The first-order chi connectivity index (χ1) is 14.8. The quantitative estimate of drug-likeness (QED) is 0.550. The number of hydrogen-bond donors (Lipinski definition) is 1. The molecule has 0 bridgehead atoms. The molecule has 0 aliphatic carbocycles. The standard InChI is InChI=1S/C23H26N4O2S/c1-2-29-19-14-9-8-13-18(19)24-22(28)21(17-11-5-3-6-12-17)30-23-26-25-20-15-7-4-10-16-27(20)23/h3,5-6,8-9,11-14,21H,2,4,7,10,15-16H2,1H3,(H,24,28). The van der Waals surface area contributed by atoms with E-state index in [-0.39, 0.29) is 5.91 Å². The van der Waals surface area contributed by atoms with Crippen LogP contribution >= 0.6 is 11.8 Å². The van der Waals surface area contributed by atoms with E-state index in [1.807, 2.05) is 61.5 Å². The van der Waals surface area contributed by atoms with E-state index in [1.165, 1.54) is 18.2 Å². The Morgan fingerprint density at radius 2 is 1.90 bits per heavy atom. The van der Waals surface area contributed by atoms with Crippen molar-refractivity contribution in [3.8, 4) is 5.75 Å². The maximum absolute atomic E-state index is 13.4. The lowest BCUT2D eigenvalue weighted by Gasteiger charge is -2.18. The van der Waals surface area contributed by atoms with Crippen LogP contribution in [0, 0.1) is 0 Å². The van der Waals surface area contributed by atoms with Crippen LogP contribution in [0.2, 0.25) is 0 Å². The highest BCUT2D eigenvalue weighted by molar-refractivity contribution is 8.00. The molecular formula is C23H26N4O2S. The number of amides is 1. The highest BCUT2D eigenvalue weighted by Gasteiger charge is 2.26. The third-order valence-corrected chi connectivity index (χ3v) is 6.32. The zero-order valence-corrected chi connectivity index (χ0v) is 17.9. The van der Waals surface area contributed by atoms with E-state index in [0.29, 0.717) is 18.0 Å². The number of para-hydroxylation sites is 2. The number of carbonyl (C=O) groups excluding carboxylic acids is 1. The summed E-state index contributed by atoms with van der Waals surface area (Å²) in [7, 11) is 0. The highest BCUT2D eigenvalue weighted by atomic mass is 32.2. The van der Waals surface area contributed by atoms with Crippen LogP contribution in [0.4, 0.5) is 5.69 Å². The number of nitrogens with zero attached hydrogens (tertiary/aromatic N) is 3. The lowest BCUT2D eigenvalue weighted by molar-refractivity contribution is -0.115. The maximum atomic E-state index is 13.4. The Bertz CT molecular complexity index is 990. The molecule has 6 nitrogen and oxygen atoms in total. The Kier molecular flexibility index (Phi) is 6.69. The number of hydrogen-bond acceptors (Lipinski definition) is 5. The van der Waals surface area contributed by atoms with Crippen molar-refractivity contribution in [3.05, 3.63) is 66.0 Å². The molecule has 0 radical (unpaired) electrons. The van der Waals surface area contributed by atoms with Crippen LogP contribution in [-0.4, -0.2) is 27.3 Å². The van der Waals surface area contributed by atoms with Gasteiger partial charge in [0, 0.05) is 13.0 Å². The molecule has 1 aliphatic heterocycles. The van der Waals surface area contributed by atoms with Crippen LogP contribution in [0.3, 0.4) is 0 Å². The average Bonchev–Trinajstić information content (AvgIpc) is 2.99. The smallest absolute Gasteiger partial charge is 0.242 e. The predicted molar refractivity (Wildman–Crippen MR) is 119 cm³/mol. The third kappa shape index (κ3) is 4.67. The summed E-state index contributed by atoms with van der Waals surface area (Å²) in [6, 6.07) is 17.3. The second-order valence-electron chi connectivity index (χ2n) is 7.19. The molecule has 7 heteroatoms. The van der Waals surface area contributed by atoms with E-state index in [9.17, 15) is 4.79 Å². The largest absolute Gasteiger partial charge is 0.492 e. The number of nitrogens with one attached hydrogen (secondary N) is 1. The molecule has 0 saturated carbocycles. The van der Waals surface area contributed by atoms with Crippen molar-refractivity contribution in [2.45, 2.75) is 49.6 Å². The molecule has 3 aromatic rings. The number of rotatable bonds is 7. The maximum Gasteiger partial charge on any atom is 0.242 e. The number of anilines is 1. The molecule has 2 aromatic carbocycles. The zero-order valence-electron chi connectivity index (χ0n) is 17.1. The van der Waals surface area contributed by atoms with Gasteiger partial charge in [-0.3, -0.25) is 4.79 Å². The van der Waals surface area contributed by atoms with Crippen LogP contribution in [0.15, 0.2) is 59.8 Å². The van der Waals surface area contributed by atoms with Gasteiger partial charge in [0.15, 0.2) is 5.16 Å². The van der Waals surface area contributed by atoms with E-state index in [1.54, 1.807) is 0 Å². The summed E-state index contributed by atoms with van der Waals surface area (Å²) in [4.78, 5) is 13.4. The van der Waals surface area contributed by atoms with Crippen LogP contribution in [-0.2, 0) is 17.8 Å². The van der Waals surface area contributed by atoms with Crippen LogP contribution < -0.4 is 10.1 Å². The first-order valence-corrected chi connectivity index (χ1v) is 11.3. The Morgan fingerprint density at radius 3 is 2.73 bits per heavy atom. The minimum Gasteiger partial charge on any atom is -0.492 e. The summed E-state index contributed by atoms with van der Waals surface area (Å²) in [5, 5.41) is 12.2. The Labute approximate surface area is 181 Å². The van der Waals surface area contributed by atoms with Gasteiger partial charge in [-0.15, -0.1) is 10.2 Å². The van der Waals surface area contributed by atoms with Crippen molar-refractivity contribution >= 4 is 23.4 Å². The zero-order chi connectivity index (χ0) is 20.8. The summed E-state index contributed by atoms with van der Waals surface area (Å²) in [6.45, 7) is 3.37. The molecule has 1 aromatic heterocycles. The van der Waals surface area contributed by atoms with Gasteiger partial charge >= 0.3 is 0 Å². The summed E-state index contributed by atoms with van der Waals surface area (Å²) in [5.74, 6) is 1.58. The van der Waals surface area contributed by atoms with Crippen molar-refractivity contribution in [3.63, 3.8) is 0 Å². The monoisotopic (exact) mass is 422 g/mol. The second-order valence-corrected chi connectivity index (χ2v) is 8.26. The number of carbonyl (C=O) groups is 1. The van der Waals surface area contributed by atoms with Gasteiger partial charge in [0.1, 0.15) is 16.8 Å². The fourth-order valence-electron chi connectivity index (χ4n) is 3.60. The Hall–Kier alpha value is -2.80. The molecule has 0 spiro atoms. The predicted octanol–water partition coefficient (Wildman–Crippen LogP) is 4.88. The fourth-order valence-corrected chi connectivity index (χ4v) is 4.68. The van der Waals surface area contributed by atoms with Crippen LogP contribution in [0.25, 0.3) is 0 Å². The van der Waals surface area contributed by atoms with E-state index < -0.39 is 5.25 Å². The first-order valence-electron chi connectivity index (χ1n) is 10.4. The van der Waals surface area contributed by atoms with Gasteiger partial charge in [-0.25, -0.2) is 0 Å². The second kappa shape index (κ2) is 9.80. The third-order valence-electron chi connectivity index (χ3n) is 5.08. The van der Waals surface area contributed by atoms with Gasteiger partial charge in [0.2, 0.25) is 5.91 Å². The number of thioether (sulfide) groups is 1. The molecule has 1 aliphatic rings. The molecule has 0 fully saturated rings. The number of benzene rings is 2. The number of aryl methyl sites for hydroxylation is 1. The van der Waals surface area contributed by atoms with Crippen molar-refractivity contribution < 1.29 is 9.53 Å². The summed E-state index contributed by atoms with van der Waals surface area (Å²) in [5.41, 5.74) is 1.60. The first kappa shape index (κ1) is 20.5. The minimum atomic E-state index is -0.447. The molecule has 0 saturated heterocycles. The number of ether oxygens (including phenoxy) is 1. The topological polar surface area (TPSA) is 69.0 Å². The van der Waals surface area contributed by atoms with Gasteiger partial charge in [-0.2, -0.15) is 0 Å². The van der Waals surface area contributed by atoms with Crippen molar-refractivity contribution in [1.82, 2.24) is 14.8 Å². The molecule has 2 heterocycles. The van der Waals surface area contributed by atoms with Gasteiger partial charge < -0.3 is 14.6 Å². The molecule has 1 unspecified atom stereocenters. The summed E-state index contributed by atoms with van der Waals surface area (Å²) >= 11 is 1.46. The van der Waals surface area contributed by atoms with Crippen LogP contribution in [0.1, 0.15) is 42.8 Å². The molecule has 1 atom stereocenters. The molecule has 156 valence electrons. The lowest BCUT2D eigenvalue weighted by atomic mass is 10.1. The van der Waals surface area contributed by atoms with E-state index in [4.69, 9.17) is 4.74 Å². The van der Waals surface area contributed by atoms with Crippen LogP contribution in [0.5, 0.6) is 5.75 Å². The van der Waals surface area contributed by atoms with Gasteiger partial charge in [-0.1, -0.05) is 60.6 Å². The van der Waals surface area contributed by atoms with E-state index >= 15 is 0 Å². The van der Waals surface area contributed by atoms with E-state index in [0.717, 1.165) is 42.4 Å². The molecule has 1 N–H and O–H groups in total. The molecular weight excluding hydrogens is 396 g/mol. The van der Waals surface area contributed by atoms with E-state index in [2.05, 4.69) is 20.1 Å². The SMILES string of the molecule is CCOc1ccccc1NC(=O)C(Sc1nnc2n1CCCCC2)c1ccccc1. The Morgan fingerprint density at radius 1 is 1.10 bits per heavy atom. The molecule has 4 rings (SSSR count). The average molecular weight is 423 g/mol. The van der Waals surface area contributed by atoms with Gasteiger partial charge in [-0.05, 0) is 37.5 Å². The fraction of sp³-hybridized carbons (Fsp3) is 0.348. The summed E-state index contributed by atoms with van der Waals surface area (Å²) in [6.07, 6.45) is 4.39.